The van der Waals surface area contributed by atoms with Gasteiger partial charge in [0.05, 0.1) is 24.5 Å². The van der Waals surface area contributed by atoms with Crippen LogP contribution in [0.25, 0.3) is 0 Å². The number of carboxylic acid groups (broad SMARTS) is 1. The predicted octanol–water partition coefficient (Wildman–Crippen LogP) is 1.24. The Morgan fingerprint density at radius 3 is 2.90 bits per heavy atom. The normalized spacial score (nSPS) is 19.2. The zero-order valence-corrected chi connectivity index (χ0v) is 11.4. The minimum Gasteiger partial charge on any atom is -0.478 e. The van der Waals surface area contributed by atoms with Crippen LogP contribution in [0.5, 0.6) is 0 Å². The molecule has 1 aromatic rings. The van der Waals surface area contributed by atoms with E-state index >= 15 is 0 Å². The van der Waals surface area contributed by atoms with Gasteiger partial charge in [0.15, 0.2) is 0 Å². The molecule has 1 amide bonds. The second-order valence-electron chi connectivity index (χ2n) is 5.50. The molecule has 1 fully saturated rings. The van der Waals surface area contributed by atoms with Crippen LogP contribution in [0, 0.1) is 5.92 Å². The second kappa shape index (κ2) is 4.94. The van der Waals surface area contributed by atoms with Gasteiger partial charge in [-0.2, -0.15) is 0 Å². The van der Waals surface area contributed by atoms with Gasteiger partial charge in [0.2, 0.25) is 0 Å². The van der Waals surface area contributed by atoms with Gasteiger partial charge in [-0.3, -0.25) is 4.79 Å². The smallest absolute Gasteiger partial charge is 0.337 e. The Morgan fingerprint density at radius 2 is 2.25 bits per heavy atom. The van der Waals surface area contributed by atoms with Crippen LogP contribution in [0.1, 0.15) is 46.3 Å². The van der Waals surface area contributed by atoms with Crippen molar-refractivity contribution < 1.29 is 19.4 Å². The molecule has 108 valence electrons. The third-order valence-corrected chi connectivity index (χ3v) is 4.06. The number of hydrogen-bond acceptors (Lipinski definition) is 3. The molecule has 0 radical (unpaired) electrons. The number of carbonyl (C=O) groups is 2. The third kappa shape index (κ3) is 2.31. The number of aromatic nitrogens is 1. The Labute approximate surface area is 116 Å². The molecule has 0 bridgehead atoms. The van der Waals surface area contributed by atoms with E-state index in [2.05, 4.69) is 5.32 Å². The predicted molar refractivity (Wildman–Crippen MR) is 70.7 cm³/mol. The number of ether oxygens (including phenoxy) is 1. The van der Waals surface area contributed by atoms with Gasteiger partial charge in [0.1, 0.15) is 5.69 Å². The van der Waals surface area contributed by atoms with Crippen LogP contribution in [-0.4, -0.2) is 34.2 Å². The van der Waals surface area contributed by atoms with Crippen LogP contribution < -0.4 is 5.32 Å². The van der Waals surface area contributed by atoms with E-state index in [4.69, 9.17) is 4.74 Å². The highest BCUT2D eigenvalue weighted by Crippen LogP contribution is 2.32. The summed E-state index contributed by atoms with van der Waals surface area (Å²) in [5, 5.41) is 12.2. The van der Waals surface area contributed by atoms with Crippen LogP contribution in [0.2, 0.25) is 0 Å². The summed E-state index contributed by atoms with van der Waals surface area (Å²) in [6.45, 7) is 3.26. The Hall–Kier alpha value is -1.82. The van der Waals surface area contributed by atoms with Crippen molar-refractivity contribution in [2.24, 2.45) is 5.92 Å². The van der Waals surface area contributed by atoms with Gasteiger partial charge in [0, 0.05) is 12.6 Å². The van der Waals surface area contributed by atoms with E-state index in [0.717, 1.165) is 12.8 Å². The van der Waals surface area contributed by atoms with E-state index in [1.165, 1.54) is 6.07 Å². The molecule has 1 aromatic heterocycles. The van der Waals surface area contributed by atoms with Crippen molar-refractivity contribution >= 4 is 11.9 Å². The summed E-state index contributed by atoms with van der Waals surface area (Å²) >= 11 is 0. The minimum absolute atomic E-state index is 0.141. The Balaban J connectivity index is 1.88. The molecule has 2 aliphatic rings. The summed E-state index contributed by atoms with van der Waals surface area (Å²) in [6, 6.07) is 1.60. The molecule has 2 N–H and O–H groups in total. The van der Waals surface area contributed by atoms with Gasteiger partial charge < -0.3 is 19.7 Å². The average molecular weight is 278 g/mol. The third-order valence-electron chi connectivity index (χ3n) is 4.06. The van der Waals surface area contributed by atoms with Crippen LogP contribution in [0.15, 0.2) is 6.07 Å². The van der Waals surface area contributed by atoms with Crippen molar-refractivity contribution in [2.75, 3.05) is 6.61 Å². The number of rotatable bonds is 4. The monoisotopic (exact) mass is 278 g/mol. The molecule has 20 heavy (non-hydrogen) atoms. The molecule has 0 aromatic carbocycles. The van der Waals surface area contributed by atoms with Gasteiger partial charge in [-0.05, 0) is 31.7 Å². The molecule has 1 aliphatic heterocycles. The standard InChI is InChI=1S/C14H18N2O4/c1-8(9-2-3-9)15-13(17)11-6-10(14(18)19)12-7-20-5-4-16(11)12/h6,8-9H,2-5,7H2,1H3,(H,15,17)(H,18,19)/t8-/m1/s1. The number of nitrogens with zero attached hydrogens (tertiary/aromatic N) is 1. The summed E-state index contributed by atoms with van der Waals surface area (Å²) in [6.07, 6.45) is 2.31. The van der Waals surface area contributed by atoms with E-state index in [-0.39, 0.29) is 24.1 Å². The molecule has 1 aliphatic carbocycles. The van der Waals surface area contributed by atoms with Crippen molar-refractivity contribution in [1.82, 2.24) is 9.88 Å². The lowest BCUT2D eigenvalue weighted by Crippen LogP contribution is -2.36. The first-order valence-corrected chi connectivity index (χ1v) is 6.92. The number of amides is 1. The van der Waals surface area contributed by atoms with E-state index in [1.54, 1.807) is 4.57 Å². The fourth-order valence-electron chi connectivity index (χ4n) is 2.69. The molecular weight excluding hydrogens is 260 g/mol. The largest absolute Gasteiger partial charge is 0.478 e. The topological polar surface area (TPSA) is 80.6 Å². The summed E-state index contributed by atoms with van der Waals surface area (Å²) in [5.41, 5.74) is 1.16. The summed E-state index contributed by atoms with van der Waals surface area (Å²) in [4.78, 5) is 23.6. The molecule has 6 heteroatoms. The fourth-order valence-corrected chi connectivity index (χ4v) is 2.69. The van der Waals surface area contributed by atoms with Crippen LogP contribution in [0.3, 0.4) is 0 Å². The van der Waals surface area contributed by atoms with E-state index < -0.39 is 5.97 Å². The first-order chi connectivity index (χ1) is 9.58. The average Bonchev–Trinajstić information content (AvgIpc) is 3.19. The fraction of sp³-hybridized carbons (Fsp3) is 0.571. The zero-order chi connectivity index (χ0) is 14.3. The van der Waals surface area contributed by atoms with Crippen molar-refractivity contribution in [3.63, 3.8) is 0 Å². The molecule has 3 rings (SSSR count). The molecule has 1 atom stereocenters. The number of nitrogens with one attached hydrogen (secondary N) is 1. The first-order valence-electron chi connectivity index (χ1n) is 6.92. The number of hydrogen-bond donors (Lipinski definition) is 2. The lowest BCUT2D eigenvalue weighted by atomic mass is 10.2. The number of carbonyl (C=O) groups excluding carboxylic acids is 1. The summed E-state index contributed by atoms with van der Waals surface area (Å²) < 4.78 is 7.06. The molecule has 0 unspecified atom stereocenters. The van der Waals surface area contributed by atoms with E-state index in [0.29, 0.717) is 30.5 Å². The number of aromatic carboxylic acids is 1. The Morgan fingerprint density at radius 1 is 1.50 bits per heavy atom. The molecule has 6 nitrogen and oxygen atoms in total. The molecule has 0 spiro atoms. The van der Waals surface area contributed by atoms with Crippen LogP contribution in [0.4, 0.5) is 0 Å². The maximum absolute atomic E-state index is 12.3. The molecular formula is C14H18N2O4. The molecule has 1 saturated carbocycles. The van der Waals surface area contributed by atoms with Crippen molar-refractivity contribution in [2.45, 2.75) is 39.0 Å². The van der Waals surface area contributed by atoms with Gasteiger partial charge >= 0.3 is 5.97 Å². The lowest BCUT2D eigenvalue weighted by Gasteiger charge is -2.20. The first kappa shape index (κ1) is 13.2. The van der Waals surface area contributed by atoms with Gasteiger partial charge in [-0.15, -0.1) is 0 Å². The SMILES string of the molecule is C[C@@H](NC(=O)c1cc(C(=O)O)c2n1CCOC2)C1CC1. The summed E-state index contributed by atoms with van der Waals surface area (Å²) in [7, 11) is 0. The summed E-state index contributed by atoms with van der Waals surface area (Å²) in [5.74, 6) is -0.648. The van der Waals surface area contributed by atoms with Gasteiger partial charge in [-0.25, -0.2) is 4.79 Å². The van der Waals surface area contributed by atoms with Gasteiger partial charge in [-0.1, -0.05) is 0 Å². The number of carboxylic acids is 1. The molecule has 0 saturated heterocycles. The van der Waals surface area contributed by atoms with E-state index in [1.807, 2.05) is 6.92 Å². The molecule has 2 heterocycles. The minimum atomic E-state index is -1.02. The highest BCUT2D eigenvalue weighted by atomic mass is 16.5. The highest BCUT2D eigenvalue weighted by molar-refractivity contribution is 5.98. The van der Waals surface area contributed by atoms with Crippen molar-refractivity contribution in [1.29, 1.82) is 0 Å². The Bertz CT molecular complexity index is 560. The van der Waals surface area contributed by atoms with Gasteiger partial charge in [0.25, 0.3) is 5.91 Å². The zero-order valence-electron chi connectivity index (χ0n) is 11.4. The quantitative estimate of drug-likeness (QED) is 0.868. The lowest BCUT2D eigenvalue weighted by molar-refractivity contribution is 0.0656. The van der Waals surface area contributed by atoms with E-state index in [9.17, 15) is 14.7 Å². The highest BCUT2D eigenvalue weighted by Gasteiger charge is 2.31. The maximum atomic E-state index is 12.3. The van der Waals surface area contributed by atoms with Crippen LogP contribution in [-0.2, 0) is 17.9 Å². The maximum Gasteiger partial charge on any atom is 0.337 e. The Kier molecular flexibility index (Phi) is 3.25. The number of fused-ring (bicyclic) bond motifs is 1. The van der Waals surface area contributed by atoms with Crippen molar-refractivity contribution in [3.05, 3.63) is 23.0 Å². The van der Waals surface area contributed by atoms with Crippen LogP contribution >= 0.6 is 0 Å². The van der Waals surface area contributed by atoms with Crippen molar-refractivity contribution in [3.8, 4) is 0 Å². The second-order valence-corrected chi connectivity index (χ2v) is 5.50.